The molecule has 2 rings (SSSR count). The van der Waals surface area contributed by atoms with Gasteiger partial charge in [-0.25, -0.2) is 8.42 Å². The highest BCUT2D eigenvalue weighted by molar-refractivity contribution is 7.93. The van der Waals surface area contributed by atoms with Crippen LogP contribution < -0.4 is 10.0 Å². The summed E-state index contributed by atoms with van der Waals surface area (Å²) >= 11 is 1.48. The van der Waals surface area contributed by atoms with Crippen LogP contribution in [0.15, 0.2) is 34.5 Å². The number of benzene rings is 1. The van der Waals surface area contributed by atoms with Crippen molar-refractivity contribution in [3.05, 3.63) is 45.6 Å². The summed E-state index contributed by atoms with van der Waals surface area (Å²) in [5.74, 6) is 0. The van der Waals surface area contributed by atoms with Crippen molar-refractivity contribution >= 4 is 27.0 Å². The van der Waals surface area contributed by atoms with Gasteiger partial charge in [0.05, 0.1) is 0 Å². The van der Waals surface area contributed by atoms with Crippen molar-refractivity contribution in [2.75, 3.05) is 11.3 Å². The van der Waals surface area contributed by atoms with Gasteiger partial charge >= 0.3 is 0 Å². The van der Waals surface area contributed by atoms with Gasteiger partial charge in [0.25, 0.3) is 10.0 Å². The van der Waals surface area contributed by atoms with Crippen LogP contribution in [0.25, 0.3) is 0 Å². The predicted molar refractivity (Wildman–Crippen MR) is 88.4 cm³/mol. The molecule has 114 valence electrons. The summed E-state index contributed by atoms with van der Waals surface area (Å²) in [6.07, 6.45) is 0. The topological polar surface area (TPSA) is 58.2 Å². The maximum absolute atomic E-state index is 12.6. The van der Waals surface area contributed by atoms with Crippen molar-refractivity contribution in [2.45, 2.75) is 32.2 Å². The van der Waals surface area contributed by atoms with E-state index >= 15 is 0 Å². The molecule has 0 saturated heterocycles. The number of thiophene rings is 1. The standard InChI is InChI=1S/C15H20N2O2S2/c1-4-16-9-14-15(12(3)10-20-14)21(18,19)17-13-7-5-6-11(2)8-13/h5-8,10,16-17H,4,9H2,1-3H3. The molecule has 0 aliphatic carbocycles. The molecule has 0 spiro atoms. The maximum Gasteiger partial charge on any atom is 0.263 e. The number of rotatable bonds is 6. The molecule has 0 aliphatic heterocycles. The Morgan fingerprint density at radius 1 is 1.24 bits per heavy atom. The zero-order chi connectivity index (χ0) is 15.5. The molecule has 0 saturated carbocycles. The molecule has 4 nitrogen and oxygen atoms in total. The molecule has 2 aromatic rings. The first-order valence-electron chi connectivity index (χ1n) is 6.81. The lowest BCUT2D eigenvalue weighted by molar-refractivity contribution is 0.599. The van der Waals surface area contributed by atoms with E-state index in [1.54, 1.807) is 6.07 Å². The Balaban J connectivity index is 2.33. The average Bonchev–Trinajstić information content (AvgIpc) is 2.77. The fourth-order valence-electron chi connectivity index (χ4n) is 2.12. The van der Waals surface area contributed by atoms with Crippen LogP contribution in [0.4, 0.5) is 5.69 Å². The fourth-order valence-corrected chi connectivity index (χ4v) is 4.96. The molecule has 1 aromatic heterocycles. The summed E-state index contributed by atoms with van der Waals surface area (Å²) in [4.78, 5) is 1.24. The molecule has 0 atom stereocenters. The van der Waals surface area contributed by atoms with Crippen molar-refractivity contribution in [1.82, 2.24) is 5.32 Å². The second kappa shape index (κ2) is 6.60. The van der Waals surface area contributed by atoms with Gasteiger partial charge in [0.2, 0.25) is 0 Å². The summed E-state index contributed by atoms with van der Waals surface area (Å²) in [6, 6.07) is 7.36. The third-order valence-corrected chi connectivity index (χ3v) is 5.91. The van der Waals surface area contributed by atoms with Crippen LogP contribution in [0, 0.1) is 13.8 Å². The second-order valence-corrected chi connectivity index (χ2v) is 7.51. The van der Waals surface area contributed by atoms with Crippen molar-refractivity contribution in [1.29, 1.82) is 0 Å². The summed E-state index contributed by atoms with van der Waals surface area (Å²) in [6.45, 7) is 7.14. The molecule has 0 unspecified atom stereocenters. The molecule has 0 bridgehead atoms. The van der Waals surface area contributed by atoms with E-state index in [0.717, 1.165) is 22.5 Å². The molecule has 21 heavy (non-hydrogen) atoms. The number of aryl methyl sites for hydroxylation is 2. The van der Waals surface area contributed by atoms with Crippen molar-refractivity contribution < 1.29 is 8.42 Å². The van der Waals surface area contributed by atoms with Gasteiger partial charge in [-0.3, -0.25) is 4.72 Å². The Kier molecular flexibility index (Phi) is 5.03. The fraction of sp³-hybridized carbons (Fsp3) is 0.333. The van der Waals surface area contributed by atoms with Gasteiger partial charge in [0.1, 0.15) is 4.90 Å². The SMILES string of the molecule is CCNCc1scc(C)c1S(=O)(=O)Nc1cccc(C)c1. The minimum absolute atomic E-state index is 0.398. The quantitative estimate of drug-likeness (QED) is 0.857. The first kappa shape index (κ1) is 16.0. The summed E-state index contributed by atoms with van der Waals surface area (Å²) in [5.41, 5.74) is 2.40. The van der Waals surface area contributed by atoms with E-state index in [-0.39, 0.29) is 0 Å². The van der Waals surface area contributed by atoms with Gasteiger partial charge in [-0.15, -0.1) is 11.3 Å². The van der Waals surface area contributed by atoms with E-state index < -0.39 is 10.0 Å². The molecule has 1 heterocycles. The number of anilines is 1. The van der Waals surface area contributed by atoms with Gasteiger partial charge in [-0.1, -0.05) is 19.1 Å². The van der Waals surface area contributed by atoms with Crippen LogP contribution in [0.1, 0.15) is 22.9 Å². The molecule has 6 heteroatoms. The number of nitrogens with one attached hydrogen (secondary N) is 2. The van der Waals surface area contributed by atoms with Crippen LogP contribution in [0.2, 0.25) is 0 Å². The second-order valence-electron chi connectivity index (χ2n) is 4.93. The van der Waals surface area contributed by atoms with Crippen molar-refractivity contribution in [3.8, 4) is 0 Å². The van der Waals surface area contributed by atoms with Gasteiger partial charge < -0.3 is 5.32 Å². The maximum atomic E-state index is 12.6. The molecule has 1 aromatic carbocycles. The summed E-state index contributed by atoms with van der Waals surface area (Å²) in [5, 5.41) is 5.07. The molecule has 0 fully saturated rings. The van der Waals surface area contributed by atoms with Gasteiger partial charge in [-0.05, 0) is 49.0 Å². The van der Waals surface area contributed by atoms with Gasteiger partial charge in [-0.2, -0.15) is 0 Å². The molecule has 2 N–H and O–H groups in total. The molecular formula is C15H20N2O2S2. The smallest absolute Gasteiger partial charge is 0.263 e. The van der Waals surface area contributed by atoms with Crippen LogP contribution >= 0.6 is 11.3 Å². The monoisotopic (exact) mass is 324 g/mol. The summed E-state index contributed by atoms with van der Waals surface area (Å²) in [7, 11) is -3.56. The highest BCUT2D eigenvalue weighted by Gasteiger charge is 2.22. The number of sulfonamides is 1. The van der Waals surface area contributed by atoms with Crippen LogP contribution in [0.5, 0.6) is 0 Å². The molecule has 0 radical (unpaired) electrons. The highest BCUT2D eigenvalue weighted by atomic mass is 32.2. The van der Waals surface area contributed by atoms with Crippen LogP contribution in [-0.4, -0.2) is 15.0 Å². The van der Waals surface area contributed by atoms with E-state index in [1.165, 1.54) is 11.3 Å². The summed E-state index contributed by atoms with van der Waals surface area (Å²) < 4.78 is 28.0. The Morgan fingerprint density at radius 2 is 2.00 bits per heavy atom. The van der Waals surface area contributed by atoms with E-state index in [4.69, 9.17) is 0 Å². The molecule has 0 amide bonds. The lowest BCUT2D eigenvalue weighted by Crippen LogP contribution is -2.18. The van der Waals surface area contributed by atoms with E-state index in [1.807, 2.05) is 44.4 Å². The Hall–Kier alpha value is -1.37. The first-order chi connectivity index (χ1) is 9.94. The molecule has 0 aliphatic rings. The highest BCUT2D eigenvalue weighted by Crippen LogP contribution is 2.28. The van der Waals surface area contributed by atoms with E-state index in [9.17, 15) is 8.42 Å². The largest absolute Gasteiger partial charge is 0.312 e. The number of hydrogen-bond acceptors (Lipinski definition) is 4. The lowest BCUT2D eigenvalue weighted by Gasteiger charge is -2.11. The van der Waals surface area contributed by atoms with Gasteiger partial charge in [0, 0.05) is 17.1 Å². The van der Waals surface area contributed by atoms with Gasteiger partial charge in [0.15, 0.2) is 0 Å². The minimum Gasteiger partial charge on any atom is -0.312 e. The Labute approximate surface area is 130 Å². The Bertz CT molecular complexity index is 721. The molecular weight excluding hydrogens is 304 g/mol. The Morgan fingerprint density at radius 3 is 2.67 bits per heavy atom. The van der Waals surface area contributed by atoms with E-state index in [2.05, 4.69) is 10.0 Å². The first-order valence-corrected chi connectivity index (χ1v) is 9.17. The van der Waals surface area contributed by atoms with Crippen molar-refractivity contribution in [3.63, 3.8) is 0 Å². The van der Waals surface area contributed by atoms with Crippen LogP contribution in [0.3, 0.4) is 0 Å². The normalized spacial score (nSPS) is 11.6. The van der Waals surface area contributed by atoms with Crippen molar-refractivity contribution in [2.24, 2.45) is 0 Å². The third-order valence-electron chi connectivity index (χ3n) is 3.06. The minimum atomic E-state index is -3.56. The zero-order valence-electron chi connectivity index (χ0n) is 12.4. The van der Waals surface area contributed by atoms with Crippen LogP contribution in [-0.2, 0) is 16.6 Å². The van der Waals surface area contributed by atoms with E-state index in [0.29, 0.717) is 17.1 Å². The lowest BCUT2D eigenvalue weighted by atomic mass is 10.2. The zero-order valence-corrected chi connectivity index (χ0v) is 14.1. The third kappa shape index (κ3) is 3.84. The number of hydrogen-bond donors (Lipinski definition) is 2. The predicted octanol–water partition coefficient (Wildman–Crippen LogP) is 3.28. The average molecular weight is 324 g/mol.